The molecule has 2 N–H and O–H groups in total. The first kappa shape index (κ1) is 15.6. The Kier molecular flexibility index (Phi) is 5.42. The normalized spacial score (nSPS) is 11.9. The van der Waals surface area contributed by atoms with Crippen LogP contribution >= 0.6 is 0 Å². The molecule has 19 heavy (non-hydrogen) atoms. The third-order valence-electron chi connectivity index (χ3n) is 2.18. The first-order valence-corrected chi connectivity index (χ1v) is 6.67. The molecule has 0 aliphatic carbocycles. The minimum absolute atomic E-state index is 0.0700. The zero-order valence-corrected chi connectivity index (χ0v) is 11.3. The molecule has 0 saturated heterocycles. The average molecular weight is 293 g/mol. The summed E-state index contributed by atoms with van der Waals surface area (Å²) in [6, 6.07) is 0. The Hall–Kier alpha value is -1.49. The van der Waals surface area contributed by atoms with E-state index in [1.54, 1.807) is 0 Å². The van der Waals surface area contributed by atoms with Crippen molar-refractivity contribution in [1.82, 2.24) is 14.5 Å². The molecule has 108 valence electrons. The number of hydrogen-bond acceptors (Lipinski definition) is 6. The number of aliphatic carboxylic acids is 1. The molecule has 1 heterocycles. The van der Waals surface area contributed by atoms with Crippen molar-refractivity contribution in [2.45, 2.75) is 17.7 Å². The summed E-state index contributed by atoms with van der Waals surface area (Å²) in [7, 11) is -1.01. The number of nitrogens with one attached hydrogen (secondary N) is 1. The summed E-state index contributed by atoms with van der Waals surface area (Å²) >= 11 is 0. The number of methoxy groups -OCH3 is 2. The lowest BCUT2D eigenvalue weighted by Gasteiger charge is -2.13. The van der Waals surface area contributed by atoms with E-state index in [-0.39, 0.29) is 11.4 Å². The van der Waals surface area contributed by atoms with E-state index in [4.69, 9.17) is 14.6 Å². The molecule has 9 nitrogen and oxygen atoms in total. The number of sulfonamides is 1. The van der Waals surface area contributed by atoms with E-state index in [1.807, 2.05) is 0 Å². The molecule has 0 saturated carbocycles. The third kappa shape index (κ3) is 4.59. The fourth-order valence-corrected chi connectivity index (χ4v) is 2.20. The van der Waals surface area contributed by atoms with E-state index in [9.17, 15) is 13.2 Å². The van der Waals surface area contributed by atoms with E-state index in [0.717, 1.165) is 17.1 Å². The molecule has 0 spiro atoms. The molecule has 0 atom stereocenters. The highest BCUT2D eigenvalue weighted by Crippen LogP contribution is 2.07. The lowest BCUT2D eigenvalue weighted by atomic mass is 10.6. The smallest absolute Gasteiger partial charge is 0.325 e. The van der Waals surface area contributed by atoms with Crippen LogP contribution in [0.2, 0.25) is 0 Å². The second-order valence-corrected chi connectivity index (χ2v) is 5.29. The number of carboxylic acid groups (broad SMARTS) is 1. The molecular weight excluding hydrogens is 278 g/mol. The molecule has 1 rings (SSSR count). The van der Waals surface area contributed by atoms with Gasteiger partial charge < -0.3 is 14.6 Å². The summed E-state index contributed by atoms with van der Waals surface area (Å²) in [5.74, 6) is -1.11. The highest BCUT2D eigenvalue weighted by Gasteiger charge is 2.18. The van der Waals surface area contributed by atoms with Crippen molar-refractivity contribution in [2.24, 2.45) is 0 Å². The Morgan fingerprint density at radius 1 is 1.53 bits per heavy atom. The average Bonchev–Trinajstić information content (AvgIpc) is 2.78. The summed E-state index contributed by atoms with van der Waals surface area (Å²) in [5.41, 5.74) is 0. The van der Waals surface area contributed by atoms with Crippen molar-refractivity contribution >= 4 is 16.0 Å². The van der Waals surface area contributed by atoms with E-state index < -0.39 is 28.8 Å². The SMILES string of the molecule is COC(CNS(=O)(=O)c1cnn(CC(=O)O)c1)OC. The highest BCUT2D eigenvalue weighted by atomic mass is 32.2. The number of carbonyl (C=O) groups is 1. The molecule has 0 aliphatic rings. The summed E-state index contributed by atoms with van der Waals surface area (Å²) in [4.78, 5) is 10.3. The van der Waals surface area contributed by atoms with Crippen molar-refractivity contribution in [1.29, 1.82) is 0 Å². The van der Waals surface area contributed by atoms with E-state index in [2.05, 4.69) is 9.82 Å². The predicted molar refractivity (Wildman–Crippen MR) is 62.9 cm³/mol. The van der Waals surface area contributed by atoms with Gasteiger partial charge in [0, 0.05) is 20.4 Å². The molecule has 0 aromatic carbocycles. The molecule has 0 amide bonds. The van der Waals surface area contributed by atoms with E-state index in [0.29, 0.717) is 0 Å². The second kappa shape index (κ2) is 6.61. The van der Waals surface area contributed by atoms with Gasteiger partial charge in [0.2, 0.25) is 10.0 Å². The van der Waals surface area contributed by atoms with Gasteiger partial charge in [-0.05, 0) is 0 Å². The number of carboxylic acids is 1. The molecule has 0 bridgehead atoms. The minimum Gasteiger partial charge on any atom is -0.480 e. The fraction of sp³-hybridized carbons (Fsp3) is 0.556. The molecule has 0 radical (unpaired) electrons. The van der Waals surface area contributed by atoms with Gasteiger partial charge in [-0.15, -0.1) is 0 Å². The van der Waals surface area contributed by atoms with Gasteiger partial charge in [-0.25, -0.2) is 13.1 Å². The molecule has 0 fully saturated rings. The first-order valence-electron chi connectivity index (χ1n) is 5.18. The van der Waals surface area contributed by atoms with Crippen LogP contribution in [0.25, 0.3) is 0 Å². The predicted octanol–water partition coefficient (Wildman–Crippen LogP) is -1.14. The maximum absolute atomic E-state index is 11.8. The number of nitrogens with zero attached hydrogens (tertiary/aromatic N) is 2. The number of hydrogen-bond donors (Lipinski definition) is 2. The Labute approximate surface area is 110 Å². The molecule has 10 heteroatoms. The number of ether oxygens (including phenoxy) is 2. The molecule has 0 aliphatic heterocycles. The topological polar surface area (TPSA) is 120 Å². The summed E-state index contributed by atoms with van der Waals surface area (Å²) in [6.07, 6.45) is 1.49. The van der Waals surface area contributed by atoms with Crippen LogP contribution in [-0.4, -0.2) is 56.3 Å². The number of rotatable bonds is 8. The van der Waals surface area contributed by atoms with Crippen molar-refractivity contribution < 1.29 is 27.8 Å². The summed E-state index contributed by atoms with van der Waals surface area (Å²) in [6.45, 7) is -0.478. The monoisotopic (exact) mass is 293 g/mol. The van der Waals surface area contributed by atoms with Crippen molar-refractivity contribution in [3.05, 3.63) is 12.4 Å². The molecule has 1 aromatic rings. The first-order chi connectivity index (χ1) is 8.89. The van der Waals surface area contributed by atoms with Crippen LogP contribution in [0.5, 0.6) is 0 Å². The van der Waals surface area contributed by atoms with Crippen LogP contribution in [0.3, 0.4) is 0 Å². The lowest BCUT2D eigenvalue weighted by molar-refractivity contribution is -0.137. The van der Waals surface area contributed by atoms with E-state index >= 15 is 0 Å². The zero-order chi connectivity index (χ0) is 14.5. The van der Waals surface area contributed by atoms with Crippen molar-refractivity contribution in [3.63, 3.8) is 0 Å². The molecular formula is C9H15N3O6S. The maximum Gasteiger partial charge on any atom is 0.325 e. The van der Waals surface area contributed by atoms with Crippen molar-refractivity contribution in [2.75, 3.05) is 20.8 Å². The van der Waals surface area contributed by atoms with Gasteiger partial charge in [-0.3, -0.25) is 9.48 Å². The summed E-state index contributed by atoms with van der Waals surface area (Å²) in [5, 5.41) is 12.2. The summed E-state index contributed by atoms with van der Waals surface area (Å²) < 4.78 is 36.7. The Morgan fingerprint density at radius 2 is 2.16 bits per heavy atom. The van der Waals surface area contributed by atoms with Gasteiger partial charge in [0.1, 0.15) is 11.4 Å². The van der Waals surface area contributed by atoms with Gasteiger partial charge in [0.05, 0.1) is 12.7 Å². The quantitative estimate of drug-likeness (QED) is 0.581. The largest absolute Gasteiger partial charge is 0.480 e. The van der Waals surface area contributed by atoms with Gasteiger partial charge in [-0.1, -0.05) is 0 Å². The van der Waals surface area contributed by atoms with Crippen LogP contribution in [0.1, 0.15) is 0 Å². The van der Waals surface area contributed by atoms with Crippen molar-refractivity contribution in [3.8, 4) is 0 Å². The molecule has 1 aromatic heterocycles. The van der Waals surface area contributed by atoms with Gasteiger partial charge in [0.15, 0.2) is 6.29 Å². The molecule has 0 unspecified atom stereocenters. The lowest BCUT2D eigenvalue weighted by Crippen LogP contribution is -2.34. The standard InChI is InChI=1S/C9H15N3O6S/c1-17-9(18-2)4-11-19(15,16)7-3-10-12(5-7)6-8(13)14/h3,5,9,11H,4,6H2,1-2H3,(H,13,14). The minimum atomic E-state index is -3.78. The van der Waals surface area contributed by atoms with Crippen LogP contribution in [0.4, 0.5) is 0 Å². The van der Waals surface area contributed by atoms with Crippen LogP contribution in [0, 0.1) is 0 Å². The van der Waals surface area contributed by atoms with Crippen LogP contribution in [0.15, 0.2) is 17.3 Å². The Bertz CT molecular complexity index is 522. The van der Waals surface area contributed by atoms with Crippen LogP contribution in [-0.2, 0) is 30.8 Å². The Balaban J connectivity index is 2.72. The van der Waals surface area contributed by atoms with Gasteiger partial charge >= 0.3 is 5.97 Å². The second-order valence-electron chi connectivity index (χ2n) is 3.52. The van der Waals surface area contributed by atoms with Gasteiger partial charge in [0.25, 0.3) is 0 Å². The highest BCUT2D eigenvalue weighted by molar-refractivity contribution is 7.89. The van der Waals surface area contributed by atoms with Crippen LogP contribution < -0.4 is 4.72 Å². The Morgan fingerprint density at radius 3 is 2.68 bits per heavy atom. The maximum atomic E-state index is 11.8. The van der Waals surface area contributed by atoms with E-state index in [1.165, 1.54) is 14.2 Å². The zero-order valence-electron chi connectivity index (χ0n) is 10.4. The number of aromatic nitrogens is 2. The fourth-order valence-electron chi connectivity index (χ4n) is 1.23. The van der Waals surface area contributed by atoms with Gasteiger partial charge in [-0.2, -0.15) is 5.10 Å². The third-order valence-corrected chi connectivity index (χ3v) is 3.56.